The van der Waals surface area contributed by atoms with Crippen molar-refractivity contribution in [1.82, 2.24) is 5.32 Å². The van der Waals surface area contributed by atoms with Crippen LogP contribution in [0.15, 0.2) is 42.5 Å². The second-order valence-electron chi connectivity index (χ2n) is 6.40. The molecule has 0 fully saturated rings. The van der Waals surface area contributed by atoms with Gasteiger partial charge in [-0.1, -0.05) is 30.3 Å². The number of amides is 1. The fourth-order valence-electron chi connectivity index (χ4n) is 3.09. The van der Waals surface area contributed by atoms with Crippen LogP contribution in [0.25, 0.3) is 0 Å². The average molecular weight is 339 g/mol. The van der Waals surface area contributed by atoms with E-state index in [4.69, 9.17) is 9.47 Å². The number of nitrogens with one attached hydrogen (secondary N) is 1. The number of rotatable bonds is 7. The molecular weight excluding hydrogens is 314 g/mol. The second kappa shape index (κ2) is 8.06. The average Bonchev–Trinajstić information content (AvgIpc) is 2.98. The normalized spacial score (nSPS) is 15.4. The highest BCUT2D eigenvalue weighted by Gasteiger charge is 2.22. The van der Waals surface area contributed by atoms with Gasteiger partial charge in [0.1, 0.15) is 17.6 Å². The highest BCUT2D eigenvalue weighted by molar-refractivity contribution is 5.76. The topological polar surface area (TPSA) is 47.6 Å². The van der Waals surface area contributed by atoms with Gasteiger partial charge < -0.3 is 14.8 Å². The molecule has 0 spiro atoms. The maximum Gasteiger partial charge on any atom is 0.220 e. The Morgan fingerprint density at radius 3 is 2.84 bits per heavy atom. The molecule has 1 atom stereocenters. The van der Waals surface area contributed by atoms with Crippen LogP contribution in [0.1, 0.15) is 37.0 Å². The Hall–Kier alpha value is -2.49. The Morgan fingerprint density at radius 2 is 2.08 bits per heavy atom. The number of carbonyl (C=O) groups excluding carboxylic acids is 1. The van der Waals surface area contributed by atoms with Crippen LogP contribution < -0.4 is 14.8 Å². The molecule has 0 saturated heterocycles. The monoisotopic (exact) mass is 339 g/mol. The van der Waals surface area contributed by atoms with Crippen LogP contribution in [0.5, 0.6) is 11.5 Å². The van der Waals surface area contributed by atoms with E-state index in [9.17, 15) is 4.79 Å². The predicted molar refractivity (Wildman–Crippen MR) is 98.0 cm³/mol. The standard InChI is InChI=1S/C21H25NO3/c1-3-24-19-12-17-11-15(2)25-20(17)13-18(19)14-22-21(23)10-9-16-7-5-4-6-8-16/h4-8,12-13,15H,3,9-11,14H2,1-2H3,(H,22,23). The molecule has 1 unspecified atom stereocenters. The minimum Gasteiger partial charge on any atom is -0.494 e. The van der Waals surface area contributed by atoms with Gasteiger partial charge in [-0.25, -0.2) is 0 Å². The summed E-state index contributed by atoms with van der Waals surface area (Å²) < 4.78 is 11.6. The molecule has 0 saturated carbocycles. The molecule has 0 aliphatic carbocycles. The van der Waals surface area contributed by atoms with Crippen molar-refractivity contribution in [3.8, 4) is 11.5 Å². The van der Waals surface area contributed by atoms with Gasteiger partial charge in [0, 0.05) is 30.5 Å². The summed E-state index contributed by atoms with van der Waals surface area (Å²) in [4.78, 5) is 12.2. The summed E-state index contributed by atoms with van der Waals surface area (Å²) >= 11 is 0. The quantitative estimate of drug-likeness (QED) is 0.837. The fourth-order valence-corrected chi connectivity index (χ4v) is 3.09. The number of fused-ring (bicyclic) bond motifs is 1. The summed E-state index contributed by atoms with van der Waals surface area (Å²) in [5.74, 6) is 1.79. The van der Waals surface area contributed by atoms with Crippen molar-refractivity contribution >= 4 is 5.91 Å². The van der Waals surface area contributed by atoms with Gasteiger partial charge >= 0.3 is 0 Å². The molecule has 3 rings (SSSR count). The maximum absolute atomic E-state index is 12.2. The lowest BCUT2D eigenvalue weighted by molar-refractivity contribution is -0.121. The molecule has 0 bridgehead atoms. The van der Waals surface area contributed by atoms with Crippen molar-refractivity contribution in [3.05, 3.63) is 59.2 Å². The number of hydrogen-bond acceptors (Lipinski definition) is 3. The van der Waals surface area contributed by atoms with Crippen LogP contribution in [0.4, 0.5) is 0 Å². The molecule has 0 aromatic heterocycles. The van der Waals surface area contributed by atoms with Gasteiger partial charge in [-0.2, -0.15) is 0 Å². The van der Waals surface area contributed by atoms with E-state index in [1.807, 2.05) is 49.4 Å². The van der Waals surface area contributed by atoms with E-state index in [-0.39, 0.29) is 12.0 Å². The van der Waals surface area contributed by atoms with Gasteiger partial charge in [0.05, 0.1) is 6.61 Å². The van der Waals surface area contributed by atoms with Crippen molar-refractivity contribution in [2.75, 3.05) is 6.61 Å². The van der Waals surface area contributed by atoms with Gasteiger partial charge in [-0.15, -0.1) is 0 Å². The highest BCUT2D eigenvalue weighted by Crippen LogP contribution is 2.35. The van der Waals surface area contributed by atoms with E-state index in [1.54, 1.807) is 0 Å². The SMILES string of the molecule is CCOc1cc2c(cc1CNC(=O)CCc1ccccc1)OC(C)C2. The van der Waals surface area contributed by atoms with E-state index < -0.39 is 0 Å². The first-order valence-corrected chi connectivity index (χ1v) is 8.91. The summed E-state index contributed by atoms with van der Waals surface area (Å²) in [5, 5.41) is 3.00. The smallest absolute Gasteiger partial charge is 0.220 e. The number of carbonyl (C=O) groups is 1. The van der Waals surface area contributed by atoms with Gasteiger partial charge in [-0.05, 0) is 38.0 Å². The minimum absolute atomic E-state index is 0.0427. The molecule has 1 aliphatic heterocycles. The Bertz CT molecular complexity index is 727. The van der Waals surface area contributed by atoms with Crippen molar-refractivity contribution in [2.24, 2.45) is 0 Å². The van der Waals surface area contributed by atoms with E-state index in [1.165, 1.54) is 11.1 Å². The Balaban J connectivity index is 1.60. The number of benzene rings is 2. The Labute approximate surface area is 149 Å². The van der Waals surface area contributed by atoms with Gasteiger partial charge in [0.2, 0.25) is 5.91 Å². The molecule has 2 aromatic carbocycles. The molecular formula is C21H25NO3. The molecule has 4 heteroatoms. The first-order chi connectivity index (χ1) is 12.2. The van der Waals surface area contributed by atoms with E-state index in [2.05, 4.69) is 12.2 Å². The Morgan fingerprint density at radius 1 is 1.28 bits per heavy atom. The molecule has 132 valence electrons. The summed E-state index contributed by atoms with van der Waals surface area (Å²) in [5.41, 5.74) is 3.31. The van der Waals surface area contributed by atoms with Gasteiger partial charge in [-0.3, -0.25) is 4.79 Å². The van der Waals surface area contributed by atoms with E-state index in [0.717, 1.165) is 29.9 Å². The number of ether oxygens (including phenoxy) is 2. The third-order valence-corrected chi connectivity index (χ3v) is 4.34. The zero-order valence-electron chi connectivity index (χ0n) is 14.9. The van der Waals surface area contributed by atoms with Crippen LogP contribution >= 0.6 is 0 Å². The Kier molecular flexibility index (Phi) is 5.59. The maximum atomic E-state index is 12.2. The first kappa shape index (κ1) is 17.3. The molecule has 25 heavy (non-hydrogen) atoms. The van der Waals surface area contributed by atoms with Crippen molar-refractivity contribution in [3.63, 3.8) is 0 Å². The lowest BCUT2D eigenvalue weighted by atomic mass is 10.1. The minimum atomic E-state index is 0.0427. The summed E-state index contributed by atoms with van der Waals surface area (Å²) in [7, 11) is 0. The number of hydrogen-bond donors (Lipinski definition) is 1. The van der Waals surface area contributed by atoms with Crippen LogP contribution in [0, 0.1) is 0 Å². The molecule has 4 nitrogen and oxygen atoms in total. The molecule has 2 aromatic rings. The van der Waals surface area contributed by atoms with Gasteiger partial charge in [0.25, 0.3) is 0 Å². The van der Waals surface area contributed by atoms with Crippen LogP contribution in [-0.2, 0) is 24.2 Å². The van der Waals surface area contributed by atoms with Crippen LogP contribution in [0.2, 0.25) is 0 Å². The second-order valence-corrected chi connectivity index (χ2v) is 6.40. The zero-order chi connectivity index (χ0) is 17.6. The largest absolute Gasteiger partial charge is 0.494 e. The first-order valence-electron chi connectivity index (χ1n) is 8.91. The lowest BCUT2D eigenvalue weighted by Gasteiger charge is -2.13. The third-order valence-electron chi connectivity index (χ3n) is 4.34. The van der Waals surface area contributed by atoms with Crippen LogP contribution in [-0.4, -0.2) is 18.6 Å². The van der Waals surface area contributed by atoms with Crippen molar-refractivity contribution < 1.29 is 14.3 Å². The summed E-state index contributed by atoms with van der Waals surface area (Å²) in [6, 6.07) is 14.1. The summed E-state index contributed by atoms with van der Waals surface area (Å²) in [6.07, 6.45) is 2.32. The number of aryl methyl sites for hydroxylation is 1. The predicted octanol–water partition coefficient (Wildman–Crippen LogP) is 3.66. The molecule has 1 N–H and O–H groups in total. The van der Waals surface area contributed by atoms with E-state index in [0.29, 0.717) is 19.6 Å². The molecule has 1 aliphatic rings. The van der Waals surface area contributed by atoms with Crippen LogP contribution in [0.3, 0.4) is 0 Å². The molecule has 0 radical (unpaired) electrons. The highest BCUT2D eigenvalue weighted by atomic mass is 16.5. The van der Waals surface area contributed by atoms with Crippen molar-refractivity contribution in [2.45, 2.75) is 45.8 Å². The zero-order valence-corrected chi connectivity index (χ0v) is 14.9. The summed E-state index contributed by atoms with van der Waals surface area (Å²) in [6.45, 7) is 5.08. The third kappa shape index (κ3) is 4.53. The lowest BCUT2D eigenvalue weighted by Crippen LogP contribution is -2.23. The fraction of sp³-hybridized carbons (Fsp3) is 0.381. The molecule has 1 amide bonds. The van der Waals surface area contributed by atoms with Crippen molar-refractivity contribution in [1.29, 1.82) is 0 Å². The molecule has 1 heterocycles. The van der Waals surface area contributed by atoms with E-state index >= 15 is 0 Å². The van der Waals surface area contributed by atoms with Gasteiger partial charge in [0.15, 0.2) is 0 Å².